The molecule has 0 aromatic carbocycles. The Labute approximate surface area is 118 Å². The monoisotopic (exact) mass is 311 g/mol. The first-order valence-corrected chi connectivity index (χ1v) is 7.48. The van der Waals surface area contributed by atoms with E-state index >= 15 is 0 Å². The summed E-state index contributed by atoms with van der Waals surface area (Å²) in [6.07, 6.45) is 5.15. The predicted molar refractivity (Wildman–Crippen MR) is 79.2 cm³/mol. The van der Waals surface area contributed by atoms with Crippen LogP contribution in [0.2, 0.25) is 0 Å². The van der Waals surface area contributed by atoms with Crippen molar-refractivity contribution in [2.24, 2.45) is 0 Å². The summed E-state index contributed by atoms with van der Waals surface area (Å²) in [7, 11) is 1.91. The van der Waals surface area contributed by atoms with Crippen LogP contribution >= 0.6 is 15.9 Å². The zero-order chi connectivity index (χ0) is 13.3. The maximum Gasteiger partial charge on any atom is 0.144 e. The highest BCUT2D eigenvalue weighted by Crippen LogP contribution is 2.39. The Kier molecular flexibility index (Phi) is 3.95. The topological polar surface area (TPSA) is 37.8 Å². The van der Waals surface area contributed by atoms with Crippen molar-refractivity contribution < 1.29 is 0 Å². The molecule has 0 radical (unpaired) electrons. The molecule has 100 valence electrons. The summed E-state index contributed by atoms with van der Waals surface area (Å²) >= 11 is 3.66. The van der Waals surface area contributed by atoms with E-state index in [1.807, 2.05) is 7.05 Å². The van der Waals surface area contributed by atoms with E-state index in [1.54, 1.807) is 0 Å². The normalized spacial score (nSPS) is 17.2. The molecule has 4 heteroatoms. The Morgan fingerprint density at radius 3 is 2.28 bits per heavy atom. The molecule has 1 fully saturated rings. The van der Waals surface area contributed by atoms with E-state index in [0.29, 0.717) is 5.92 Å². The number of anilines is 1. The summed E-state index contributed by atoms with van der Waals surface area (Å²) in [6, 6.07) is 0. The zero-order valence-electron chi connectivity index (χ0n) is 11.7. The summed E-state index contributed by atoms with van der Waals surface area (Å²) in [5, 5.41) is 3.17. The first-order chi connectivity index (χ1) is 8.43. The average molecular weight is 312 g/mol. The highest BCUT2D eigenvalue weighted by atomic mass is 79.9. The van der Waals surface area contributed by atoms with Gasteiger partial charge < -0.3 is 5.32 Å². The molecule has 1 aromatic heterocycles. The Bertz CT molecular complexity index is 431. The van der Waals surface area contributed by atoms with Crippen molar-refractivity contribution in [3.63, 3.8) is 0 Å². The zero-order valence-corrected chi connectivity index (χ0v) is 13.3. The van der Waals surface area contributed by atoms with E-state index in [0.717, 1.165) is 16.1 Å². The number of halogens is 1. The van der Waals surface area contributed by atoms with Gasteiger partial charge in [-0.1, -0.05) is 33.6 Å². The summed E-state index contributed by atoms with van der Waals surface area (Å²) in [5.41, 5.74) is 1.18. The fourth-order valence-corrected chi connectivity index (χ4v) is 3.13. The second-order valence-electron chi connectivity index (χ2n) is 6.08. The van der Waals surface area contributed by atoms with Crippen molar-refractivity contribution in [3.05, 3.63) is 16.0 Å². The van der Waals surface area contributed by atoms with E-state index in [2.05, 4.69) is 47.0 Å². The van der Waals surface area contributed by atoms with E-state index in [9.17, 15) is 0 Å². The molecular weight excluding hydrogens is 290 g/mol. The number of rotatable bonds is 2. The molecule has 18 heavy (non-hydrogen) atoms. The summed E-state index contributed by atoms with van der Waals surface area (Å²) < 4.78 is 1.05. The summed E-state index contributed by atoms with van der Waals surface area (Å²) in [4.78, 5) is 9.46. The Morgan fingerprint density at radius 2 is 1.78 bits per heavy atom. The molecule has 0 aliphatic heterocycles. The van der Waals surface area contributed by atoms with Crippen molar-refractivity contribution in [3.8, 4) is 0 Å². The molecule has 1 heterocycles. The Hall–Kier alpha value is -0.640. The SMILES string of the molecule is CNc1nc(C(C)(C)C)nc(C2CCCC2)c1Br. The van der Waals surface area contributed by atoms with Crippen molar-refractivity contribution in [2.75, 3.05) is 12.4 Å². The van der Waals surface area contributed by atoms with Crippen LogP contribution < -0.4 is 5.32 Å². The van der Waals surface area contributed by atoms with Crippen LogP contribution in [0.15, 0.2) is 4.47 Å². The molecule has 2 rings (SSSR count). The van der Waals surface area contributed by atoms with E-state index in [4.69, 9.17) is 4.98 Å². The van der Waals surface area contributed by atoms with Gasteiger partial charge in [0.2, 0.25) is 0 Å². The third kappa shape index (κ3) is 2.68. The molecular formula is C14H22BrN3. The van der Waals surface area contributed by atoms with Crippen LogP contribution in [-0.2, 0) is 5.41 Å². The first kappa shape index (κ1) is 13.8. The van der Waals surface area contributed by atoms with Gasteiger partial charge in [-0.05, 0) is 28.8 Å². The lowest BCUT2D eigenvalue weighted by molar-refractivity contribution is 0.535. The van der Waals surface area contributed by atoms with Crippen LogP contribution in [0.4, 0.5) is 5.82 Å². The fourth-order valence-electron chi connectivity index (χ4n) is 2.44. The predicted octanol–water partition coefficient (Wildman–Crippen LogP) is 4.24. The lowest BCUT2D eigenvalue weighted by Gasteiger charge is -2.21. The molecule has 0 spiro atoms. The van der Waals surface area contributed by atoms with Gasteiger partial charge in [-0.15, -0.1) is 0 Å². The van der Waals surface area contributed by atoms with Gasteiger partial charge in [-0.2, -0.15) is 0 Å². The van der Waals surface area contributed by atoms with Gasteiger partial charge in [0.05, 0.1) is 10.2 Å². The van der Waals surface area contributed by atoms with Gasteiger partial charge in [-0.25, -0.2) is 9.97 Å². The van der Waals surface area contributed by atoms with Crippen LogP contribution in [0.3, 0.4) is 0 Å². The highest BCUT2D eigenvalue weighted by Gasteiger charge is 2.26. The molecule has 1 aromatic rings. The second kappa shape index (κ2) is 5.16. The van der Waals surface area contributed by atoms with Gasteiger partial charge in [0.25, 0.3) is 0 Å². The number of nitrogens with one attached hydrogen (secondary N) is 1. The average Bonchev–Trinajstić information content (AvgIpc) is 2.81. The summed E-state index contributed by atoms with van der Waals surface area (Å²) in [5.74, 6) is 2.43. The van der Waals surface area contributed by atoms with Gasteiger partial charge in [-0.3, -0.25) is 0 Å². The number of aromatic nitrogens is 2. The number of hydrogen-bond donors (Lipinski definition) is 1. The molecule has 0 bridgehead atoms. The van der Waals surface area contributed by atoms with Crippen LogP contribution in [0.5, 0.6) is 0 Å². The van der Waals surface area contributed by atoms with Crippen molar-refractivity contribution in [1.29, 1.82) is 0 Å². The Morgan fingerprint density at radius 1 is 1.17 bits per heavy atom. The van der Waals surface area contributed by atoms with Crippen molar-refractivity contribution >= 4 is 21.7 Å². The molecule has 0 unspecified atom stereocenters. The lowest BCUT2D eigenvalue weighted by Crippen LogP contribution is -2.19. The lowest BCUT2D eigenvalue weighted by atomic mass is 9.94. The van der Waals surface area contributed by atoms with Crippen LogP contribution in [0, 0.1) is 0 Å². The minimum absolute atomic E-state index is 0.0142. The fraction of sp³-hybridized carbons (Fsp3) is 0.714. The number of hydrogen-bond acceptors (Lipinski definition) is 3. The third-order valence-electron chi connectivity index (χ3n) is 3.53. The minimum atomic E-state index is -0.0142. The second-order valence-corrected chi connectivity index (χ2v) is 6.87. The molecule has 0 atom stereocenters. The molecule has 0 saturated heterocycles. The van der Waals surface area contributed by atoms with Crippen LogP contribution in [0.25, 0.3) is 0 Å². The minimum Gasteiger partial charge on any atom is -0.372 e. The van der Waals surface area contributed by atoms with Gasteiger partial charge in [0.15, 0.2) is 0 Å². The van der Waals surface area contributed by atoms with Gasteiger partial charge in [0, 0.05) is 18.4 Å². The van der Waals surface area contributed by atoms with E-state index in [1.165, 1.54) is 31.4 Å². The maximum atomic E-state index is 4.84. The van der Waals surface area contributed by atoms with Crippen molar-refractivity contribution in [2.45, 2.75) is 57.8 Å². The smallest absolute Gasteiger partial charge is 0.144 e. The molecule has 1 aliphatic carbocycles. The molecule has 1 aliphatic rings. The quantitative estimate of drug-likeness (QED) is 0.888. The van der Waals surface area contributed by atoms with Crippen molar-refractivity contribution in [1.82, 2.24) is 9.97 Å². The number of nitrogens with zero attached hydrogens (tertiary/aromatic N) is 2. The molecule has 3 nitrogen and oxygen atoms in total. The largest absolute Gasteiger partial charge is 0.372 e. The van der Waals surface area contributed by atoms with Gasteiger partial charge >= 0.3 is 0 Å². The van der Waals surface area contributed by atoms with Crippen LogP contribution in [0.1, 0.15) is 63.9 Å². The maximum absolute atomic E-state index is 4.84. The first-order valence-electron chi connectivity index (χ1n) is 6.69. The van der Waals surface area contributed by atoms with E-state index in [-0.39, 0.29) is 5.41 Å². The molecule has 0 amide bonds. The van der Waals surface area contributed by atoms with Crippen LogP contribution in [-0.4, -0.2) is 17.0 Å². The third-order valence-corrected chi connectivity index (χ3v) is 4.31. The Balaban J connectivity index is 2.49. The van der Waals surface area contributed by atoms with E-state index < -0.39 is 0 Å². The highest BCUT2D eigenvalue weighted by molar-refractivity contribution is 9.10. The van der Waals surface area contributed by atoms with Gasteiger partial charge in [0.1, 0.15) is 11.6 Å². The molecule has 1 saturated carbocycles. The summed E-state index contributed by atoms with van der Waals surface area (Å²) in [6.45, 7) is 6.48. The standard InChI is InChI=1S/C14H22BrN3/c1-14(2,3)13-17-11(9-7-5-6-8-9)10(15)12(16-4)18-13/h9H,5-8H2,1-4H3,(H,16,17,18). The molecule has 1 N–H and O–H groups in total.